The molecule has 2 N–H and O–H groups in total. The molecule has 2 aromatic heterocycles. The lowest BCUT2D eigenvalue weighted by Crippen LogP contribution is -2.42. The van der Waals surface area contributed by atoms with Crippen molar-refractivity contribution in [2.45, 2.75) is 25.5 Å². The zero-order valence-corrected chi connectivity index (χ0v) is 21.0. The smallest absolute Gasteiger partial charge is 0.255 e. The number of hydrogen-bond acceptors (Lipinski definition) is 6. The molecule has 1 aliphatic rings. The number of aliphatic hydroxyl groups excluding tert-OH is 1. The third kappa shape index (κ3) is 4.82. The van der Waals surface area contributed by atoms with Crippen molar-refractivity contribution in [3.8, 4) is 11.1 Å². The number of aliphatic hydroxyl groups is 1. The maximum atomic E-state index is 13.1. The van der Waals surface area contributed by atoms with Crippen LogP contribution >= 0.6 is 0 Å². The highest BCUT2D eigenvalue weighted by atomic mass is 16.3. The Labute approximate surface area is 211 Å². The molecule has 0 unspecified atom stereocenters. The SMILES string of the molecule is CN(C)C1CCN(c2cc(C(=O)Nc3ccc4ccc(-c5cnn(C)c5CO)cc4c3)ccn2)CC1. The molecule has 0 atom stereocenters. The molecule has 8 nitrogen and oxygen atoms in total. The summed E-state index contributed by atoms with van der Waals surface area (Å²) in [6.07, 6.45) is 5.65. The van der Waals surface area contributed by atoms with Gasteiger partial charge in [0.1, 0.15) is 5.82 Å². The van der Waals surface area contributed by atoms with E-state index in [0.717, 1.165) is 65.0 Å². The molecule has 186 valence electrons. The minimum Gasteiger partial charge on any atom is -0.390 e. The third-order valence-corrected chi connectivity index (χ3v) is 7.15. The van der Waals surface area contributed by atoms with E-state index in [1.54, 1.807) is 23.1 Å². The van der Waals surface area contributed by atoms with Gasteiger partial charge in [-0.2, -0.15) is 5.10 Å². The molecule has 2 aromatic carbocycles. The van der Waals surface area contributed by atoms with E-state index in [0.29, 0.717) is 11.6 Å². The van der Waals surface area contributed by atoms with Crippen LogP contribution in [0.5, 0.6) is 0 Å². The quantitative estimate of drug-likeness (QED) is 0.432. The predicted octanol–water partition coefficient (Wildman–Crippen LogP) is 3.91. The van der Waals surface area contributed by atoms with Crippen molar-refractivity contribution >= 4 is 28.2 Å². The van der Waals surface area contributed by atoms with Gasteiger partial charge in [-0.15, -0.1) is 0 Å². The number of fused-ring (bicyclic) bond motifs is 1. The Balaban J connectivity index is 1.33. The van der Waals surface area contributed by atoms with Crippen molar-refractivity contribution in [2.24, 2.45) is 7.05 Å². The Hall–Kier alpha value is -3.75. The van der Waals surface area contributed by atoms with Crippen LogP contribution in [-0.4, -0.2) is 63.9 Å². The summed E-state index contributed by atoms with van der Waals surface area (Å²) in [6, 6.07) is 16.2. The summed E-state index contributed by atoms with van der Waals surface area (Å²) >= 11 is 0. The second-order valence-corrected chi connectivity index (χ2v) is 9.60. The standard InChI is InChI=1S/C28H32N6O2/c1-32(2)24-9-12-34(13-10-24)27-16-21(8-11-29-27)28(36)31-23-7-6-19-4-5-20(14-22(19)15-23)25-17-30-33(3)26(25)18-35/h4-8,11,14-17,24,35H,9-10,12-13,18H2,1-3H3,(H,31,36). The molecule has 8 heteroatoms. The first-order chi connectivity index (χ1) is 17.4. The van der Waals surface area contributed by atoms with E-state index < -0.39 is 0 Å². The summed E-state index contributed by atoms with van der Waals surface area (Å²) in [4.78, 5) is 22.2. The van der Waals surface area contributed by atoms with Crippen molar-refractivity contribution in [2.75, 3.05) is 37.4 Å². The Morgan fingerprint density at radius 2 is 1.86 bits per heavy atom. The third-order valence-electron chi connectivity index (χ3n) is 7.15. The molecule has 0 radical (unpaired) electrons. The number of rotatable bonds is 6. The lowest BCUT2D eigenvalue weighted by Gasteiger charge is -2.35. The van der Waals surface area contributed by atoms with Crippen molar-refractivity contribution in [1.82, 2.24) is 19.7 Å². The van der Waals surface area contributed by atoms with Gasteiger partial charge in [0.2, 0.25) is 0 Å². The molecule has 3 heterocycles. The zero-order chi connectivity index (χ0) is 25.2. The predicted molar refractivity (Wildman–Crippen MR) is 143 cm³/mol. The molecule has 5 rings (SSSR count). The van der Waals surface area contributed by atoms with Crippen LogP contribution in [0.25, 0.3) is 21.9 Å². The maximum absolute atomic E-state index is 13.1. The topological polar surface area (TPSA) is 86.5 Å². The lowest BCUT2D eigenvalue weighted by atomic mass is 10.0. The van der Waals surface area contributed by atoms with E-state index >= 15 is 0 Å². The Bertz CT molecular complexity index is 1390. The second-order valence-electron chi connectivity index (χ2n) is 9.60. The van der Waals surface area contributed by atoms with Crippen molar-refractivity contribution in [3.63, 3.8) is 0 Å². The number of nitrogens with one attached hydrogen (secondary N) is 1. The van der Waals surface area contributed by atoms with E-state index in [9.17, 15) is 9.90 Å². The Morgan fingerprint density at radius 1 is 1.08 bits per heavy atom. The number of aryl methyl sites for hydroxylation is 1. The number of amides is 1. The number of hydrogen-bond donors (Lipinski definition) is 2. The normalized spacial score (nSPS) is 14.5. The monoisotopic (exact) mass is 484 g/mol. The molecule has 4 aromatic rings. The molecule has 1 fully saturated rings. The molecular formula is C28H32N6O2. The molecule has 1 saturated heterocycles. The number of anilines is 2. The molecule has 0 bridgehead atoms. The van der Waals surface area contributed by atoms with Gasteiger partial charge in [0, 0.05) is 49.2 Å². The van der Waals surface area contributed by atoms with Crippen molar-refractivity contribution in [3.05, 3.63) is 72.2 Å². The maximum Gasteiger partial charge on any atom is 0.255 e. The van der Waals surface area contributed by atoms with Gasteiger partial charge >= 0.3 is 0 Å². The average molecular weight is 485 g/mol. The van der Waals surface area contributed by atoms with Gasteiger partial charge in [-0.25, -0.2) is 4.98 Å². The van der Waals surface area contributed by atoms with Gasteiger partial charge in [0.15, 0.2) is 0 Å². The number of piperidine rings is 1. The summed E-state index contributed by atoms with van der Waals surface area (Å²) in [6.45, 7) is 1.78. The van der Waals surface area contributed by atoms with Crippen LogP contribution in [-0.2, 0) is 13.7 Å². The lowest BCUT2D eigenvalue weighted by molar-refractivity contribution is 0.102. The summed E-state index contributed by atoms with van der Waals surface area (Å²) in [5.41, 5.74) is 3.95. The van der Waals surface area contributed by atoms with E-state index in [4.69, 9.17) is 0 Å². The second kappa shape index (κ2) is 10.1. The van der Waals surface area contributed by atoms with Crippen LogP contribution in [0, 0.1) is 0 Å². The highest BCUT2D eigenvalue weighted by Crippen LogP contribution is 2.29. The van der Waals surface area contributed by atoms with Gasteiger partial charge in [-0.05, 0) is 73.6 Å². The molecule has 1 amide bonds. The number of carbonyl (C=O) groups is 1. The summed E-state index contributed by atoms with van der Waals surface area (Å²) in [5.74, 6) is 0.686. The largest absolute Gasteiger partial charge is 0.390 e. The van der Waals surface area contributed by atoms with E-state index in [2.05, 4.69) is 45.4 Å². The van der Waals surface area contributed by atoms with Gasteiger partial charge < -0.3 is 20.2 Å². The molecular weight excluding hydrogens is 452 g/mol. The molecule has 0 saturated carbocycles. The number of aromatic nitrogens is 3. The van der Waals surface area contributed by atoms with Crippen LogP contribution in [0.4, 0.5) is 11.5 Å². The number of benzene rings is 2. The molecule has 0 spiro atoms. The van der Waals surface area contributed by atoms with Gasteiger partial charge in [0.05, 0.1) is 18.5 Å². The fourth-order valence-electron chi connectivity index (χ4n) is 4.93. The first-order valence-corrected chi connectivity index (χ1v) is 12.3. The fourth-order valence-corrected chi connectivity index (χ4v) is 4.93. The van der Waals surface area contributed by atoms with E-state index in [-0.39, 0.29) is 12.5 Å². The molecule has 36 heavy (non-hydrogen) atoms. The summed E-state index contributed by atoms with van der Waals surface area (Å²) in [5, 5.41) is 19.1. The van der Waals surface area contributed by atoms with Crippen LogP contribution < -0.4 is 10.2 Å². The Kier molecular flexibility index (Phi) is 6.71. The van der Waals surface area contributed by atoms with E-state index in [1.807, 2.05) is 43.4 Å². The summed E-state index contributed by atoms with van der Waals surface area (Å²) < 4.78 is 1.68. The number of carbonyl (C=O) groups excluding carboxylic acids is 1. The minimum absolute atomic E-state index is 0.0818. The van der Waals surface area contributed by atoms with Crippen LogP contribution in [0.3, 0.4) is 0 Å². The molecule has 0 aliphatic carbocycles. The van der Waals surface area contributed by atoms with Crippen LogP contribution in [0.1, 0.15) is 28.9 Å². The van der Waals surface area contributed by atoms with Gasteiger partial charge in [0.25, 0.3) is 5.91 Å². The van der Waals surface area contributed by atoms with Gasteiger partial charge in [-0.1, -0.05) is 18.2 Å². The van der Waals surface area contributed by atoms with Crippen LogP contribution in [0.15, 0.2) is 60.9 Å². The number of nitrogens with zero attached hydrogens (tertiary/aromatic N) is 5. The molecule has 1 aliphatic heterocycles. The fraction of sp³-hybridized carbons (Fsp3) is 0.321. The van der Waals surface area contributed by atoms with E-state index in [1.165, 1.54) is 0 Å². The van der Waals surface area contributed by atoms with Crippen molar-refractivity contribution in [1.29, 1.82) is 0 Å². The number of pyridine rings is 1. The first-order valence-electron chi connectivity index (χ1n) is 12.3. The van der Waals surface area contributed by atoms with Crippen LogP contribution in [0.2, 0.25) is 0 Å². The highest BCUT2D eigenvalue weighted by molar-refractivity contribution is 6.05. The zero-order valence-electron chi connectivity index (χ0n) is 21.0. The first kappa shape index (κ1) is 24.0. The van der Waals surface area contributed by atoms with Crippen molar-refractivity contribution < 1.29 is 9.90 Å². The summed E-state index contributed by atoms with van der Waals surface area (Å²) in [7, 11) is 6.07. The highest BCUT2D eigenvalue weighted by Gasteiger charge is 2.22. The van der Waals surface area contributed by atoms with Gasteiger partial charge in [-0.3, -0.25) is 9.48 Å². The Morgan fingerprint density at radius 3 is 2.61 bits per heavy atom. The average Bonchev–Trinajstić information content (AvgIpc) is 3.28. The minimum atomic E-state index is -0.160.